The van der Waals surface area contributed by atoms with Crippen molar-refractivity contribution >= 4 is 12.0 Å². The molecular weight excluding hydrogens is 536 g/mol. The largest absolute Gasteiger partial charge is 0.496 e. The van der Waals surface area contributed by atoms with Crippen molar-refractivity contribution < 1.29 is 33.3 Å². The van der Waals surface area contributed by atoms with Gasteiger partial charge in [0.05, 0.1) is 27.4 Å². The van der Waals surface area contributed by atoms with E-state index in [1.807, 2.05) is 73.9 Å². The number of carbonyl (C=O) groups is 2. The van der Waals surface area contributed by atoms with Crippen LogP contribution in [-0.2, 0) is 20.8 Å². The zero-order chi connectivity index (χ0) is 30.3. The minimum atomic E-state index is -0.597. The van der Waals surface area contributed by atoms with E-state index in [0.29, 0.717) is 44.3 Å². The van der Waals surface area contributed by atoms with Crippen molar-refractivity contribution in [3.8, 4) is 17.2 Å². The third-order valence-electron chi connectivity index (χ3n) is 7.87. The molecule has 0 unspecified atom stereocenters. The number of hydrogen-bond donors (Lipinski definition) is 0. The number of ether oxygens (including phenoxy) is 5. The number of para-hydroxylation sites is 2. The molecule has 0 spiro atoms. The van der Waals surface area contributed by atoms with Gasteiger partial charge in [-0.3, -0.25) is 4.79 Å². The monoisotopic (exact) mass is 582 g/mol. The summed E-state index contributed by atoms with van der Waals surface area (Å²) in [4.78, 5) is 30.7. The van der Waals surface area contributed by atoms with Gasteiger partial charge in [-0.25, -0.2) is 4.79 Å². The van der Waals surface area contributed by atoms with Gasteiger partial charge in [-0.2, -0.15) is 0 Å². The van der Waals surface area contributed by atoms with Crippen LogP contribution >= 0.6 is 0 Å². The molecule has 1 saturated carbocycles. The van der Waals surface area contributed by atoms with Crippen LogP contribution in [0.2, 0.25) is 0 Å². The van der Waals surface area contributed by atoms with E-state index in [1.54, 1.807) is 14.2 Å². The Hall–Kier alpha value is -3.46. The highest BCUT2D eigenvalue weighted by Crippen LogP contribution is 2.32. The van der Waals surface area contributed by atoms with Gasteiger partial charge in [0.1, 0.15) is 24.1 Å². The van der Waals surface area contributed by atoms with E-state index in [0.717, 1.165) is 42.6 Å². The van der Waals surface area contributed by atoms with Gasteiger partial charge in [0.15, 0.2) is 11.5 Å². The summed E-state index contributed by atoms with van der Waals surface area (Å²) in [5, 5.41) is 0. The molecule has 42 heavy (non-hydrogen) atoms. The number of rotatable bonds is 9. The maximum absolute atomic E-state index is 13.6. The van der Waals surface area contributed by atoms with Crippen LogP contribution in [0.4, 0.5) is 4.79 Å². The van der Waals surface area contributed by atoms with E-state index in [-0.39, 0.29) is 30.1 Å². The number of morpholine rings is 1. The summed E-state index contributed by atoms with van der Waals surface area (Å²) >= 11 is 0. The number of aryl methyl sites for hydroxylation is 1. The highest BCUT2D eigenvalue weighted by Gasteiger charge is 2.36. The van der Waals surface area contributed by atoms with Gasteiger partial charge in [-0.15, -0.1) is 0 Å². The first-order valence-electron chi connectivity index (χ1n) is 14.9. The lowest BCUT2D eigenvalue weighted by molar-refractivity contribution is -0.145. The van der Waals surface area contributed by atoms with E-state index in [2.05, 4.69) is 6.07 Å². The molecule has 1 saturated heterocycles. The van der Waals surface area contributed by atoms with Crippen LogP contribution in [0.1, 0.15) is 57.6 Å². The second-order valence-corrected chi connectivity index (χ2v) is 12.2. The molecule has 0 aromatic heterocycles. The van der Waals surface area contributed by atoms with Crippen molar-refractivity contribution in [2.75, 3.05) is 40.5 Å². The zero-order valence-electron chi connectivity index (χ0n) is 25.9. The van der Waals surface area contributed by atoms with Crippen LogP contribution in [0.3, 0.4) is 0 Å². The zero-order valence-corrected chi connectivity index (χ0v) is 25.9. The molecule has 1 aliphatic carbocycles. The summed E-state index contributed by atoms with van der Waals surface area (Å²) in [6, 6.07) is 13.5. The van der Waals surface area contributed by atoms with Gasteiger partial charge in [0, 0.05) is 25.0 Å². The molecule has 1 atom stereocenters. The van der Waals surface area contributed by atoms with Gasteiger partial charge in [-0.05, 0) is 82.7 Å². The number of carbonyl (C=O) groups excluding carboxylic acids is 2. The van der Waals surface area contributed by atoms with Crippen molar-refractivity contribution in [2.45, 2.75) is 77.7 Å². The van der Waals surface area contributed by atoms with E-state index in [4.69, 9.17) is 23.7 Å². The van der Waals surface area contributed by atoms with Crippen LogP contribution in [0.15, 0.2) is 42.5 Å². The molecule has 4 rings (SSSR count). The van der Waals surface area contributed by atoms with Crippen molar-refractivity contribution in [1.29, 1.82) is 0 Å². The van der Waals surface area contributed by atoms with E-state index in [1.165, 1.54) is 0 Å². The average molecular weight is 583 g/mol. The summed E-state index contributed by atoms with van der Waals surface area (Å²) in [5.74, 6) is 2.23. The van der Waals surface area contributed by atoms with Gasteiger partial charge in [0.25, 0.3) is 0 Å². The molecular formula is C33H46N2O7. The van der Waals surface area contributed by atoms with E-state index >= 15 is 0 Å². The molecule has 2 aromatic carbocycles. The first-order chi connectivity index (χ1) is 20.1. The van der Waals surface area contributed by atoms with Crippen LogP contribution < -0.4 is 14.2 Å². The first-order valence-corrected chi connectivity index (χ1v) is 14.9. The first kappa shape index (κ1) is 31.5. The lowest BCUT2D eigenvalue weighted by atomic mass is 9.84. The molecule has 2 fully saturated rings. The Morgan fingerprint density at radius 3 is 2.31 bits per heavy atom. The van der Waals surface area contributed by atoms with E-state index < -0.39 is 5.60 Å². The molecule has 0 radical (unpaired) electrons. The normalized spacial score (nSPS) is 20.9. The predicted octanol–water partition coefficient (Wildman–Crippen LogP) is 5.61. The Bertz CT molecular complexity index is 1200. The molecule has 0 N–H and O–H groups in total. The number of benzene rings is 2. The van der Waals surface area contributed by atoms with Crippen molar-refractivity contribution in [3.63, 3.8) is 0 Å². The molecule has 1 heterocycles. The third-order valence-corrected chi connectivity index (χ3v) is 7.87. The SMILES string of the molecule is COc1ccc(CN(C(=O)OC(C)(C)C)C2CCC(C(=O)N3CCO[C@@H](COc4ccccc4OC)C3)CC2)cc1C. The molecule has 1 aliphatic heterocycles. The number of methoxy groups -OCH3 is 2. The topological polar surface area (TPSA) is 86.8 Å². The maximum Gasteiger partial charge on any atom is 0.410 e. The fourth-order valence-electron chi connectivity index (χ4n) is 5.73. The lowest BCUT2D eigenvalue weighted by Crippen LogP contribution is -2.51. The molecule has 9 nitrogen and oxygen atoms in total. The molecule has 9 heteroatoms. The molecule has 2 aromatic rings. The van der Waals surface area contributed by atoms with Gasteiger partial charge in [0.2, 0.25) is 5.91 Å². The maximum atomic E-state index is 13.6. The van der Waals surface area contributed by atoms with Crippen LogP contribution in [0.5, 0.6) is 17.2 Å². The highest BCUT2D eigenvalue weighted by atomic mass is 16.6. The third kappa shape index (κ3) is 8.31. The van der Waals surface area contributed by atoms with Gasteiger partial charge >= 0.3 is 6.09 Å². The fraction of sp³-hybridized carbons (Fsp3) is 0.576. The molecule has 2 amide bonds. The van der Waals surface area contributed by atoms with E-state index in [9.17, 15) is 9.59 Å². The van der Waals surface area contributed by atoms with Crippen molar-refractivity contribution in [3.05, 3.63) is 53.6 Å². The minimum absolute atomic E-state index is 0.00185. The smallest absolute Gasteiger partial charge is 0.410 e. The molecule has 0 bridgehead atoms. The summed E-state index contributed by atoms with van der Waals surface area (Å²) in [6.07, 6.45) is 2.41. The van der Waals surface area contributed by atoms with Gasteiger partial charge < -0.3 is 33.5 Å². The Labute approximate surface area is 250 Å². The quantitative estimate of drug-likeness (QED) is 0.380. The summed E-state index contributed by atoms with van der Waals surface area (Å²) in [7, 11) is 3.27. The van der Waals surface area contributed by atoms with Crippen LogP contribution in [0, 0.1) is 12.8 Å². The summed E-state index contributed by atoms with van der Waals surface area (Å²) in [5.41, 5.74) is 1.44. The second-order valence-electron chi connectivity index (χ2n) is 12.2. The Balaban J connectivity index is 1.35. The molecule has 2 aliphatic rings. The van der Waals surface area contributed by atoms with Crippen LogP contribution in [-0.4, -0.2) is 80.1 Å². The Kier molecular flexibility index (Phi) is 10.6. The fourth-order valence-corrected chi connectivity index (χ4v) is 5.73. The average Bonchev–Trinajstić information content (AvgIpc) is 2.98. The van der Waals surface area contributed by atoms with Crippen LogP contribution in [0.25, 0.3) is 0 Å². The van der Waals surface area contributed by atoms with Crippen molar-refractivity contribution in [2.24, 2.45) is 5.92 Å². The standard InChI is InChI=1S/C33H46N2O7/c1-23-19-24(11-16-28(23)38-5)20-35(32(37)42-33(2,3)4)26-14-12-25(13-15-26)31(36)34-17-18-40-27(21-34)22-41-30-10-8-7-9-29(30)39-6/h7-11,16,19,25-27H,12-15,17-18,20-22H2,1-6H3/t25?,26?,27-/m1/s1. The van der Waals surface area contributed by atoms with Crippen molar-refractivity contribution in [1.82, 2.24) is 9.80 Å². The second kappa shape index (κ2) is 14.1. The number of amides is 2. The Morgan fingerprint density at radius 1 is 0.976 bits per heavy atom. The van der Waals surface area contributed by atoms with Gasteiger partial charge in [-0.1, -0.05) is 24.3 Å². The Morgan fingerprint density at radius 2 is 1.67 bits per heavy atom. The lowest BCUT2D eigenvalue weighted by Gasteiger charge is -2.39. The number of nitrogens with zero attached hydrogens (tertiary/aromatic N) is 2. The summed E-state index contributed by atoms with van der Waals surface area (Å²) < 4.78 is 28.5. The molecule has 230 valence electrons. The number of hydrogen-bond acceptors (Lipinski definition) is 7. The summed E-state index contributed by atoms with van der Waals surface area (Å²) in [6.45, 7) is 9.98. The predicted molar refractivity (Wildman–Crippen MR) is 160 cm³/mol. The highest BCUT2D eigenvalue weighted by molar-refractivity contribution is 5.79. The minimum Gasteiger partial charge on any atom is -0.496 e.